The predicted molar refractivity (Wildman–Crippen MR) is 128 cm³/mol. The predicted octanol–water partition coefficient (Wildman–Crippen LogP) is 2.48. The van der Waals surface area contributed by atoms with E-state index in [2.05, 4.69) is 15.5 Å². The van der Waals surface area contributed by atoms with Crippen molar-refractivity contribution >= 4 is 22.8 Å². The van der Waals surface area contributed by atoms with E-state index in [1.807, 2.05) is 30.3 Å². The Morgan fingerprint density at radius 3 is 2.40 bits per heavy atom. The lowest BCUT2D eigenvalue weighted by Gasteiger charge is -2.10. The van der Waals surface area contributed by atoms with Crippen LogP contribution in [0.2, 0.25) is 0 Å². The van der Waals surface area contributed by atoms with E-state index in [1.54, 1.807) is 42.2 Å². The van der Waals surface area contributed by atoms with Gasteiger partial charge in [-0.25, -0.2) is 18.4 Å². The van der Waals surface area contributed by atoms with Crippen LogP contribution in [0.15, 0.2) is 65.7 Å². The van der Waals surface area contributed by atoms with E-state index in [4.69, 9.17) is 14.2 Å². The van der Waals surface area contributed by atoms with Crippen molar-refractivity contribution in [3.63, 3.8) is 0 Å². The lowest BCUT2D eigenvalue weighted by atomic mass is 10.1. The molecule has 178 valence electrons. The van der Waals surface area contributed by atoms with Crippen LogP contribution in [0.3, 0.4) is 0 Å². The van der Waals surface area contributed by atoms with Crippen LogP contribution in [-0.4, -0.2) is 51.0 Å². The van der Waals surface area contributed by atoms with Gasteiger partial charge in [-0.1, -0.05) is 0 Å². The van der Waals surface area contributed by atoms with Crippen molar-refractivity contribution in [3.8, 4) is 28.5 Å². The summed E-state index contributed by atoms with van der Waals surface area (Å²) in [6.45, 7) is -0.263. The number of methoxy groups -OCH3 is 3. The second-order valence-corrected chi connectivity index (χ2v) is 7.64. The van der Waals surface area contributed by atoms with Crippen molar-refractivity contribution in [2.24, 2.45) is 0 Å². The van der Waals surface area contributed by atoms with Gasteiger partial charge in [-0.05, 0) is 42.5 Å². The number of ether oxygens (including phenoxy) is 3. The fourth-order valence-corrected chi connectivity index (χ4v) is 3.79. The highest BCUT2D eigenvalue weighted by Gasteiger charge is 2.16. The normalized spacial score (nSPS) is 11.1. The molecule has 0 saturated carbocycles. The van der Waals surface area contributed by atoms with Crippen LogP contribution >= 0.6 is 0 Å². The van der Waals surface area contributed by atoms with E-state index >= 15 is 0 Å². The number of nitrogens with one attached hydrogen (secondary N) is 1. The Balaban J connectivity index is 1.43. The Bertz CT molecular complexity index is 1600. The number of carbonyl (C=O) groups is 1. The first-order chi connectivity index (χ1) is 17.0. The van der Waals surface area contributed by atoms with E-state index in [0.29, 0.717) is 34.0 Å². The fourth-order valence-electron chi connectivity index (χ4n) is 3.79. The highest BCUT2D eigenvalue weighted by molar-refractivity contribution is 5.91. The Kier molecular flexibility index (Phi) is 5.57. The molecule has 0 aliphatic heterocycles. The zero-order valence-corrected chi connectivity index (χ0v) is 19.3. The van der Waals surface area contributed by atoms with E-state index in [9.17, 15) is 9.59 Å². The van der Waals surface area contributed by atoms with Crippen LogP contribution in [0.5, 0.6) is 17.2 Å². The third kappa shape index (κ3) is 4.03. The molecule has 11 heteroatoms. The number of anilines is 1. The first kappa shape index (κ1) is 22.0. The third-order valence-electron chi connectivity index (χ3n) is 5.54. The van der Waals surface area contributed by atoms with Crippen molar-refractivity contribution in [2.75, 3.05) is 26.6 Å². The standard InChI is InChI=1S/C24H22N6O5/c1-33-17-7-4-15(5-8-17)18-13-19-23-27-30(24(32)28(23)10-11-29(19)26-18)14-22(31)25-16-6-9-20(34-2)21(12-16)35-3/h4-13H,14H2,1-3H3,(H,25,31). The average molecular weight is 474 g/mol. The van der Waals surface area contributed by atoms with Crippen molar-refractivity contribution < 1.29 is 19.0 Å². The lowest BCUT2D eigenvalue weighted by Crippen LogP contribution is -2.28. The lowest BCUT2D eigenvalue weighted by molar-refractivity contribution is -0.117. The van der Waals surface area contributed by atoms with Crippen LogP contribution in [-0.2, 0) is 11.3 Å². The molecular formula is C24H22N6O5. The number of fused-ring (bicyclic) bond motifs is 3. The molecule has 0 fully saturated rings. The minimum absolute atomic E-state index is 0.263. The molecule has 0 spiro atoms. The minimum Gasteiger partial charge on any atom is -0.497 e. The molecule has 11 nitrogen and oxygen atoms in total. The van der Waals surface area contributed by atoms with Crippen molar-refractivity contribution in [2.45, 2.75) is 6.54 Å². The fraction of sp³-hybridized carbons (Fsp3) is 0.167. The summed E-state index contributed by atoms with van der Waals surface area (Å²) < 4.78 is 19.8. The average Bonchev–Trinajstić information content (AvgIpc) is 3.45. The maximum Gasteiger partial charge on any atom is 0.350 e. The molecule has 1 amide bonds. The van der Waals surface area contributed by atoms with Gasteiger partial charge >= 0.3 is 5.69 Å². The first-order valence-electron chi connectivity index (χ1n) is 10.6. The molecule has 3 heterocycles. The second-order valence-electron chi connectivity index (χ2n) is 7.64. The molecule has 3 aromatic heterocycles. The van der Waals surface area contributed by atoms with Gasteiger partial charge in [-0.3, -0.25) is 4.79 Å². The van der Waals surface area contributed by atoms with Crippen LogP contribution < -0.4 is 25.2 Å². The summed E-state index contributed by atoms with van der Waals surface area (Å²) in [5.41, 5.74) is 2.71. The molecule has 0 bridgehead atoms. The van der Waals surface area contributed by atoms with E-state index in [0.717, 1.165) is 16.0 Å². The largest absolute Gasteiger partial charge is 0.497 e. The Labute approximate surface area is 199 Å². The minimum atomic E-state index is -0.433. The van der Waals surface area contributed by atoms with Gasteiger partial charge in [0.25, 0.3) is 0 Å². The number of nitrogens with zero attached hydrogens (tertiary/aromatic N) is 5. The summed E-state index contributed by atoms with van der Waals surface area (Å²) in [5, 5.41) is 11.7. The number of hydrogen-bond acceptors (Lipinski definition) is 7. The Morgan fingerprint density at radius 1 is 0.914 bits per heavy atom. The highest BCUT2D eigenvalue weighted by atomic mass is 16.5. The van der Waals surface area contributed by atoms with Crippen molar-refractivity contribution in [3.05, 3.63) is 71.4 Å². The molecule has 5 rings (SSSR count). The zero-order chi connectivity index (χ0) is 24.5. The molecule has 35 heavy (non-hydrogen) atoms. The zero-order valence-electron chi connectivity index (χ0n) is 19.3. The number of aromatic nitrogens is 5. The summed E-state index contributed by atoms with van der Waals surface area (Å²) in [5.74, 6) is 1.36. The van der Waals surface area contributed by atoms with E-state index in [1.165, 1.54) is 18.6 Å². The molecule has 2 aromatic carbocycles. The molecule has 5 aromatic rings. The molecule has 0 aliphatic carbocycles. The number of benzene rings is 2. The summed E-state index contributed by atoms with van der Waals surface area (Å²) in [6.07, 6.45) is 3.25. The van der Waals surface area contributed by atoms with Gasteiger partial charge in [-0.2, -0.15) is 5.10 Å². The van der Waals surface area contributed by atoms with Gasteiger partial charge in [0.05, 0.1) is 27.0 Å². The number of amides is 1. The van der Waals surface area contributed by atoms with Crippen LogP contribution in [0.1, 0.15) is 0 Å². The maximum atomic E-state index is 12.9. The smallest absolute Gasteiger partial charge is 0.350 e. The van der Waals surface area contributed by atoms with Gasteiger partial charge in [0, 0.05) is 29.7 Å². The van der Waals surface area contributed by atoms with Gasteiger partial charge in [-0.15, -0.1) is 5.10 Å². The molecule has 0 radical (unpaired) electrons. The second kappa shape index (κ2) is 8.86. The Morgan fingerprint density at radius 2 is 1.69 bits per heavy atom. The highest BCUT2D eigenvalue weighted by Crippen LogP contribution is 2.29. The van der Waals surface area contributed by atoms with Crippen molar-refractivity contribution in [1.29, 1.82) is 0 Å². The number of carbonyl (C=O) groups excluding carboxylic acids is 1. The van der Waals surface area contributed by atoms with Gasteiger partial charge in [0.1, 0.15) is 17.8 Å². The van der Waals surface area contributed by atoms with Crippen LogP contribution in [0.4, 0.5) is 5.69 Å². The van der Waals surface area contributed by atoms with Gasteiger partial charge < -0.3 is 19.5 Å². The van der Waals surface area contributed by atoms with Crippen LogP contribution in [0, 0.1) is 0 Å². The molecule has 0 saturated heterocycles. The summed E-state index contributed by atoms with van der Waals surface area (Å²) in [6, 6.07) is 14.4. The molecule has 0 aliphatic rings. The third-order valence-corrected chi connectivity index (χ3v) is 5.54. The summed E-state index contributed by atoms with van der Waals surface area (Å²) >= 11 is 0. The summed E-state index contributed by atoms with van der Waals surface area (Å²) in [4.78, 5) is 25.5. The van der Waals surface area contributed by atoms with Gasteiger partial charge in [0.2, 0.25) is 5.91 Å². The van der Waals surface area contributed by atoms with Crippen LogP contribution in [0.25, 0.3) is 22.4 Å². The van der Waals surface area contributed by atoms with E-state index < -0.39 is 11.6 Å². The first-order valence-corrected chi connectivity index (χ1v) is 10.6. The quantitative estimate of drug-likeness (QED) is 0.386. The number of hydrogen-bond donors (Lipinski definition) is 1. The van der Waals surface area contributed by atoms with Gasteiger partial charge in [0.15, 0.2) is 17.1 Å². The molecular weight excluding hydrogens is 452 g/mol. The van der Waals surface area contributed by atoms with E-state index in [-0.39, 0.29) is 6.54 Å². The molecule has 1 N–H and O–H groups in total. The van der Waals surface area contributed by atoms with Crippen molar-refractivity contribution in [1.82, 2.24) is 23.8 Å². The number of rotatable bonds is 7. The maximum absolute atomic E-state index is 12.9. The molecule has 0 atom stereocenters. The summed E-state index contributed by atoms with van der Waals surface area (Å²) in [7, 11) is 4.65. The Hall–Kier alpha value is -4.80. The monoisotopic (exact) mass is 474 g/mol. The molecule has 0 unspecified atom stereocenters. The topological polar surface area (TPSA) is 113 Å². The SMILES string of the molecule is COc1ccc(-c2cc3c4nn(CC(=O)Nc5ccc(OC)c(OC)c5)c(=O)n4ccn3n2)cc1.